The Morgan fingerprint density at radius 1 is 1.56 bits per heavy atom. The van der Waals surface area contributed by atoms with Crippen molar-refractivity contribution in [2.45, 2.75) is 26.3 Å². The highest BCUT2D eigenvalue weighted by Crippen LogP contribution is 2.13. The minimum Gasteiger partial charge on any atom is -0.375 e. The van der Waals surface area contributed by atoms with Crippen LogP contribution in [0.2, 0.25) is 0 Å². The summed E-state index contributed by atoms with van der Waals surface area (Å²) in [5.41, 5.74) is 6.22. The van der Waals surface area contributed by atoms with Gasteiger partial charge in [-0.05, 0) is 6.42 Å². The van der Waals surface area contributed by atoms with Crippen molar-refractivity contribution in [3.05, 3.63) is 27.2 Å². The Kier molecular flexibility index (Phi) is 4.27. The average Bonchev–Trinajstić information content (AvgIpc) is 2.95. The Morgan fingerprint density at radius 2 is 2.39 bits per heavy atom. The number of nitrogens with zero attached hydrogens (tertiary/aromatic N) is 2. The minimum absolute atomic E-state index is 0.0615. The van der Waals surface area contributed by atoms with E-state index in [-0.39, 0.29) is 12.3 Å². The van der Waals surface area contributed by atoms with Crippen LogP contribution in [0.1, 0.15) is 22.5 Å². The van der Waals surface area contributed by atoms with Crippen LogP contribution < -0.4 is 11.1 Å². The summed E-state index contributed by atoms with van der Waals surface area (Å²) < 4.78 is 0. The van der Waals surface area contributed by atoms with Crippen LogP contribution in [0.3, 0.4) is 0 Å². The van der Waals surface area contributed by atoms with Crippen molar-refractivity contribution in [1.82, 2.24) is 15.3 Å². The monoisotopic (exact) mass is 282 g/mol. The van der Waals surface area contributed by atoms with Crippen LogP contribution in [0.15, 0.2) is 11.6 Å². The molecule has 0 aliphatic heterocycles. The molecule has 18 heavy (non-hydrogen) atoms. The molecule has 0 aromatic carbocycles. The Hall–Kier alpha value is -1.47. The van der Waals surface area contributed by atoms with E-state index in [9.17, 15) is 4.79 Å². The average molecular weight is 282 g/mol. The molecule has 7 heteroatoms. The molecule has 0 bridgehead atoms. The van der Waals surface area contributed by atoms with Gasteiger partial charge in [0.2, 0.25) is 5.91 Å². The van der Waals surface area contributed by atoms with Gasteiger partial charge in [0.15, 0.2) is 5.13 Å². The molecule has 2 heterocycles. The second-order valence-corrected chi connectivity index (χ2v) is 5.79. The van der Waals surface area contributed by atoms with Crippen LogP contribution in [-0.2, 0) is 24.2 Å². The third-order valence-electron chi connectivity index (χ3n) is 2.30. The molecule has 2 rings (SSSR count). The van der Waals surface area contributed by atoms with E-state index in [0.717, 1.165) is 11.4 Å². The SMILES string of the molecule is CCc1cnc(CNC(=O)Cc2csc(N)n2)s1. The first-order chi connectivity index (χ1) is 8.67. The molecule has 0 spiro atoms. The molecule has 1 amide bonds. The first kappa shape index (κ1) is 13.0. The number of aryl methyl sites for hydroxylation is 1. The van der Waals surface area contributed by atoms with Gasteiger partial charge in [0.25, 0.3) is 0 Å². The van der Waals surface area contributed by atoms with Gasteiger partial charge in [-0.2, -0.15) is 0 Å². The molecule has 96 valence electrons. The molecule has 0 aliphatic rings. The molecule has 5 nitrogen and oxygen atoms in total. The van der Waals surface area contributed by atoms with E-state index < -0.39 is 0 Å². The summed E-state index contributed by atoms with van der Waals surface area (Å²) in [5.74, 6) is -0.0615. The van der Waals surface area contributed by atoms with Gasteiger partial charge in [-0.15, -0.1) is 22.7 Å². The van der Waals surface area contributed by atoms with Gasteiger partial charge in [0.05, 0.1) is 18.7 Å². The van der Waals surface area contributed by atoms with E-state index in [1.807, 2.05) is 6.20 Å². The molecule has 0 unspecified atom stereocenters. The molecular weight excluding hydrogens is 268 g/mol. The van der Waals surface area contributed by atoms with Crippen molar-refractivity contribution < 1.29 is 4.79 Å². The quantitative estimate of drug-likeness (QED) is 0.873. The molecule has 0 saturated carbocycles. The van der Waals surface area contributed by atoms with Gasteiger partial charge < -0.3 is 11.1 Å². The van der Waals surface area contributed by atoms with Gasteiger partial charge in [-0.25, -0.2) is 9.97 Å². The topological polar surface area (TPSA) is 80.9 Å². The van der Waals surface area contributed by atoms with E-state index in [1.165, 1.54) is 16.2 Å². The zero-order chi connectivity index (χ0) is 13.0. The fraction of sp³-hybridized carbons (Fsp3) is 0.364. The van der Waals surface area contributed by atoms with Crippen LogP contribution in [0.4, 0.5) is 5.13 Å². The number of anilines is 1. The normalized spacial score (nSPS) is 10.5. The van der Waals surface area contributed by atoms with Gasteiger partial charge in [-0.3, -0.25) is 4.79 Å². The van der Waals surface area contributed by atoms with E-state index >= 15 is 0 Å². The van der Waals surface area contributed by atoms with E-state index in [0.29, 0.717) is 17.4 Å². The Balaban J connectivity index is 1.81. The van der Waals surface area contributed by atoms with E-state index in [2.05, 4.69) is 22.2 Å². The minimum atomic E-state index is -0.0615. The third kappa shape index (κ3) is 3.51. The number of nitrogens with one attached hydrogen (secondary N) is 1. The second-order valence-electron chi connectivity index (χ2n) is 3.70. The number of nitrogens with two attached hydrogens (primary N) is 1. The van der Waals surface area contributed by atoms with Crippen LogP contribution in [0.25, 0.3) is 0 Å². The van der Waals surface area contributed by atoms with E-state index in [4.69, 9.17) is 5.73 Å². The number of amides is 1. The lowest BCUT2D eigenvalue weighted by Crippen LogP contribution is -2.24. The third-order valence-corrected chi connectivity index (χ3v) is 4.16. The number of thiazole rings is 2. The fourth-order valence-corrected chi connectivity index (χ4v) is 2.76. The maximum Gasteiger partial charge on any atom is 0.226 e. The summed E-state index contributed by atoms with van der Waals surface area (Å²) in [5, 5.41) is 6.05. The molecule has 2 aromatic rings. The van der Waals surface area contributed by atoms with Gasteiger partial charge in [0, 0.05) is 16.5 Å². The maximum atomic E-state index is 11.7. The van der Waals surface area contributed by atoms with Crippen molar-refractivity contribution in [3.8, 4) is 0 Å². The number of carbonyl (C=O) groups is 1. The molecule has 3 N–H and O–H groups in total. The summed E-state index contributed by atoms with van der Waals surface area (Å²) >= 11 is 2.97. The maximum absolute atomic E-state index is 11.7. The highest BCUT2D eigenvalue weighted by atomic mass is 32.1. The second kappa shape index (κ2) is 5.92. The predicted octanol–water partition coefficient (Wildman–Crippen LogP) is 1.60. The smallest absolute Gasteiger partial charge is 0.226 e. The van der Waals surface area contributed by atoms with Crippen molar-refractivity contribution in [2.24, 2.45) is 0 Å². The molecular formula is C11H14N4OS2. The van der Waals surface area contributed by atoms with Crippen molar-refractivity contribution in [2.75, 3.05) is 5.73 Å². The first-order valence-electron chi connectivity index (χ1n) is 5.57. The zero-order valence-corrected chi connectivity index (χ0v) is 11.6. The lowest BCUT2D eigenvalue weighted by molar-refractivity contribution is -0.120. The van der Waals surface area contributed by atoms with Crippen molar-refractivity contribution in [3.63, 3.8) is 0 Å². The van der Waals surface area contributed by atoms with Crippen molar-refractivity contribution >= 4 is 33.7 Å². The summed E-state index contributed by atoms with van der Waals surface area (Å²) in [4.78, 5) is 21.2. The summed E-state index contributed by atoms with van der Waals surface area (Å²) in [6.07, 6.45) is 3.09. The number of hydrogen-bond donors (Lipinski definition) is 2. The lowest BCUT2D eigenvalue weighted by Gasteiger charge is -2.00. The van der Waals surface area contributed by atoms with Gasteiger partial charge in [-0.1, -0.05) is 6.92 Å². The molecule has 0 atom stereocenters. The number of aromatic nitrogens is 2. The largest absolute Gasteiger partial charge is 0.375 e. The molecule has 0 aliphatic carbocycles. The first-order valence-corrected chi connectivity index (χ1v) is 7.27. The van der Waals surface area contributed by atoms with Gasteiger partial charge in [0.1, 0.15) is 5.01 Å². The summed E-state index contributed by atoms with van der Waals surface area (Å²) in [7, 11) is 0. The molecule has 2 aromatic heterocycles. The number of carbonyl (C=O) groups excluding carboxylic acids is 1. The highest BCUT2D eigenvalue weighted by Gasteiger charge is 2.07. The molecule has 0 radical (unpaired) electrons. The number of nitrogen functional groups attached to an aromatic ring is 1. The van der Waals surface area contributed by atoms with E-state index in [1.54, 1.807) is 16.7 Å². The van der Waals surface area contributed by atoms with Gasteiger partial charge >= 0.3 is 0 Å². The zero-order valence-electron chi connectivity index (χ0n) is 9.97. The van der Waals surface area contributed by atoms with Crippen LogP contribution in [0, 0.1) is 0 Å². The van der Waals surface area contributed by atoms with Crippen molar-refractivity contribution in [1.29, 1.82) is 0 Å². The Bertz CT molecular complexity index is 535. The predicted molar refractivity (Wildman–Crippen MR) is 73.6 cm³/mol. The van der Waals surface area contributed by atoms with Crippen LogP contribution in [-0.4, -0.2) is 15.9 Å². The van der Waals surface area contributed by atoms with Crippen LogP contribution in [0.5, 0.6) is 0 Å². The van der Waals surface area contributed by atoms with Crippen LogP contribution >= 0.6 is 22.7 Å². The molecule has 0 fully saturated rings. The highest BCUT2D eigenvalue weighted by molar-refractivity contribution is 7.13. The fourth-order valence-electron chi connectivity index (χ4n) is 1.40. The summed E-state index contributed by atoms with van der Waals surface area (Å²) in [6.45, 7) is 2.56. The number of hydrogen-bond acceptors (Lipinski definition) is 6. The summed E-state index contributed by atoms with van der Waals surface area (Å²) in [6, 6.07) is 0. The number of rotatable bonds is 5. The Labute approximate surface area is 113 Å². The lowest BCUT2D eigenvalue weighted by atomic mass is 10.3. The Morgan fingerprint density at radius 3 is 3.00 bits per heavy atom. The standard InChI is InChI=1S/C11H14N4OS2/c1-2-8-4-14-10(18-8)5-13-9(16)3-7-6-17-11(12)15-7/h4,6H,2-3,5H2,1H3,(H2,12,15)(H,13,16). The molecule has 0 saturated heterocycles.